The molecule has 8 heteroatoms. The van der Waals surface area contributed by atoms with E-state index >= 15 is 0 Å². The van der Waals surface area contributed by atoms with Crippen LogP contribution in [0.5, 0.6) is 0 Å². The molecule has 2 aromatic rings. The normalized spacial score (nSPS) is 10.9. The van der Waals surface area contributed by atoms with Crippen LogP contribution >= 0.6 is 23.4 Å². The van der Waals surface area contributed by atoms with Gasteiger partial charge in [-0.05, 0) is 18.2 Å². The number of nitrogen functional groups attached to an aromatic ring is 1. The summed E-state index contributed by atoms with van der Waals surface area (Å²) in [5, 5.41) is 10.7. The van der Waals surface area contributed by atoms with Gasteiger partial charge in [-0.1, -0.05) is 30.5 Å². The predicted octanol–water partition coefficient (Wildman–Crippen LogP) is 3.16. The topological polar surface area (TPSA) is 94.0 Å². The molecule has 0 saturated carbocycles. The molecule has 1 amide bonds. The van der Waals surface area contributed by atoms with Crippen molar-refractivity contribution in [2.45, 2.75) is 24.7 Å². The molecule has 0 aliphatic rings. The van der Waals surface area contributed by atoms with E-state index in [-0.39, 0.29) is 23.6 Å². The highest BCUT2D eigenvalue weighted by molar-refractivity contribution is 8.00. The van der Waals surface area contributed by atoms with Gasteiger partial charge >= 0.3 is 6.01 Å². The van der Waals surface area contributed by atoms with Gasteiger partial charge in [0, 0.05) is 21.5 Å². The molecule has 112 valence electrons. The second-order valence-corrected chi connectivity index (χ2v) is 6.07. The number of amides is 1. The highest BCUT2D eigenvalue weighted by atomic mass is 35.5. The van der Waals surface area contributed by atoms with Gasteiger partial charge in [-0.3, -0.25) is 10.1 Å². The summed E-state index contributed by atoms with van der Waals surface area (Å²) in [5.74, 6) is 0.546. The standard InChI is InChI=1S/C13H15ClN4O2S/c1-7(2)12-17-18-13(20-12)16-11(19)6-21-10-4-3-8(14)5-9(10)15/h3-5,7H,6,15H2,1-2H3,(H,16,18,19). The maximum atomic E-state index is 11.8. The van der Waals surface area contributed by atoms with Crippen LogP contribution in [-0.2, 0) is 4.79 Å². The Morgan fingerprint density at radius 2 is 2.24 bits per heavy atom. The summed E-state index contributed by atoms with van der Waals surface area (Å²) < 4.78 is 5.30. The Bertz CT molecular complexity index is 645. The third-order valence-corrected chi connectivity index (χ3v) is 3.84. The fraction of sp³-hybridized carbons (Fsp3) is 0.308. The van der Waals surface area contributed by atoms with Gasteiger partial charge in [0.15, 0.2) is 0 Å². The Kier molecular flexibility index (Phi) is 5.08. The summed E-state index contributed by atoms with van der Waals surface area (Å²) in [5.41, 5.74) is 6.36. The molecule has 0 fully saturated rings. The second kappa shape index (κ2) is 6.82. The van der Waals surface area contributed by atoms with Crippen molar-refractivity contribution >= 4 is 41.0 Å². The molecule has 0 bridgehead atoms. The molecule has 0 radical (unpaired) electrons. The lowest BCUT2D eigenvalue weighted by Crippen LogP contribution is -2.14. The van der Waals surface area contributed by atoms with Crippen LogP contribution in [0, 0.1) is 0 Å². The Hall–Kier alpha value is -1.73. The molecule has 0 unspecified atom stereocenters. The first kappa shape index (κ1) is 15.7. The Labute approximate surface area is 131 Å². The summed E-state index contributed by atoms with van der Waals surface area (Å²) in [4.78, 5) is 12.6. The number of nitrogens with one attached hydrogen (secondary N) is 1. The lowest BCUT2D eigenvalue weighted by atomic mass is 10.2. The van der Waals surface area contributed by atoms with Crippen LogP contribution in [0.2, 0.25) is 5.02 Å². The number of anilines is 2. The van der Waals surface area contributed by atoms with Gasteiger partial charge in [-0.25, -0.2) is 0 Å². The van der Waals surface area contributed by atoms with Crippen LogP contribution < -0.4 is 11.1 Å². The van der Waals surface area contributed by atoms with Crippen molar-refractivity contribution in [1.29, 1.82) is 0 Å². The van der Waals surface area contributed by atoms with Gasteiger partial charge in [0.05, 0.1) is 5.75 Å². The fourth-order valence-electron chi connectivity index (χ4n) is 1.47. The molecule has 1 aromatic carbocycles. The lowest BCUT2D eigenvalue weighted by Gasteiger charge is -2.05. The number of thioether (sulfide) groups is 1. The molecule has 0 saturated heterocycles. The number of nitrogens with two attached hydrogens (primary N) is 1. The van der Waals surface area contributed by atoms with Gasteiger partial charge in [0.1, 0.15) is 0 Å². The van der Waals surface area contributed by atoms with Gasteiger partial charge in [0.2, 0.25) is 11.8 Å². The first-order valence-corrected chi connectivity index (χ1v) is 7.63. The van der Waals surface area contributed by atoms with E-state index in [1.54, 1.807) is 18.2 Å². The average molecular weight is 327 g/mol. The molecule has 0 atom stereocenters. The van der Waals surface area contributed by atoms with Crippen LogP contribution in [0.1, 0.15) is 25.7 Å². The number of nitrogens with zero attached hydrogens (tertiary/aromatic N) is 2. The zero-order valence-corrected chi connectivity index (χ0v) is 13.2. The Morgan fingerprint density at radius 1 is 1.48 bits per heavy atom. The third kappa shape index (κ3) is 4.37. The van der Waals surface area contributed by atoms with Gasteiger partial charge in [-0.2, -0.15) is 0 Å². The van der Waals surface area contributed by atoms with E-state index in [9.17, 15) is 4.79 Å². The summed E-state index contributed by atoms with van der Waals surface area (Å²) in [7, 11) is 0. The molecular weight excluding hydrogens is 312 g/mol. The molecule has 0 aliphatic carbocycles. The molecule has 2 rings (SSSR count). The minimum Gasteiger partial charge on any atom is -0.408 e. The highest BCUT2D eigenvalue weighted by Gasteiger charge is 2.12. The van der Waals surface area contributed by atoms with Gasteiger partial charge in [0.25, 0.3) is 0 Å². The summed E-state index contributed by atoms with van der Waals surface area (Å²) in [6.07, 6.45) is 0. The monoisotopic (exact) mass is 326 g/mol. The maximum Gasteiger partial charge on any atom is 0.322 e. The number of aromatic nitrogens is 2. The van der Waals surface area contributed by atoms with E-state index in [0.717, 1.165) is 4.90 Å². The van der Waals surface area contributed by atoms with E-state index in [0.29, 0.717) is 16.6 Å². The number of rotatable bonds is 5. The number of halogens is 1. The van der Waals surface area contributed by atoms with Crippen LogP contribution in [0.4, 0.5) is 11.7 Å². The number of hydrogen-bond acceptors (Lipinski definition) is 6. The molecule has 0 spiro atoms. The molecular formula is C13H15ClN4O2S. The summed E-state index contributed by atoms with van der Waals surface area (Å²) in [6.45, 7) is 3.86. The van der Waals surface area contributed by atoms with Gasteiger partial charge in [-0.15, -0.1) is 16.9 Å². The van der Waals surface area contributed by atoms with Crippen LogP contribution in [-0.4, -0.2) is 21.9 Å². The second-order valence-electron chi connectivity index (χ2n) is 4.62. The van der Waals surface area contributed by atoms with Gasteiger partial charge < -0.3 is 10.2 Å². The Morgan fingerprint density at radius 3 is 2.86 bits per heavy atom. The summed E-state index contributed by atoms with van der Waals surface area (Å²) in [6, 6.07) is 5.26. The van der Waals surface area contributed by atoms with Crippen molar-refractivity contribution in [2.75, 3.05) is 16.8 Å². The fourth-order valence-corrected chi connectivity index (χ4v) is 2.40. The highest BCUT2D eigenvalue weighted by Crippen LogP contribution is 2.27. The minimum absolute atomic E-state index is 0.105. The largest absolute Gasteiger partial charge is 0.408 e. The molecule has 1 aromatic heterocycles. The number of carbonyl (C=O) groups excluding carboxylic acids is 1. The van der Waals surface area contributed by atoms with E-state index in [2.05, 4.69) is 15.5 Å². The lowest BCUT2D eigenvalue weighted by molar-refractivity contribution is -0.113. The van der Waals surface area contributed by atoms with Crippen molar-refractivity contribution in [3.05, 3.63) is 29.1 Å². The first-order valence-electron chi connectivity index (χ1n) is 6.27. The van der Waals surface area contributed by atoms with Crippen LogP contribution in [0.25, 0.3) is 0 Å². The zero-order valence-electron chi connectivity index (χ0n) is 11.6. The molecule has 21 heavy (non-hydrogen) atoms. The number of carbonyl (C=O) groups is 1. The van der Waals surface area contributed by atoms with E-state index in [1.165, 1.54) is 11.8 Å². The molecule has 1 heterocycles. The van der Waals surface area contributed by atoms with E-state index in [1.807, 2.05) is 13.8 Å². The maximum absolute atomic E-state index is 11.8. The smallest absolute Gasteiger partial charge is 0.322 e. The van der Waals surface area contributed by atoms with Crippen molar-refractivity contribution in [1.82, 2.24) is 10.2 Å². The molecule has 6 nitrogen and oxygen atoms in total. The quantitative estimate of drug-likeness (QED) is 0.647. The number of benzene rings is 1. The number of hydrogen-bond donors (Lipinski definition) is 2. The van der Waals surface area contributed by atoms with Crippen molar-refractivity contribution in [2.24, 2.45) is 0 Å². The molecule has 3 N–H and O–H groups in total. The average Bonchev–Trinajstić information content (AvgIpc) is 2.86. The van der Waals surface area contributed by atoms with Crippen molar-refractivity contribution in [3.63, 3.8) is 0 Å². The van der Waals surface area contributed by atoms with E-state index in [4.69, 9.17) is 21.8 Å². The molecule has 0 aliphatic heterocycles. The first-order chi connectivity index (χ1) is 9.95. The van der Waals surface area contributed by atoms with Crippen molar-refractivity contribution in [3.8, 4) is 0 Å². The SMILES string of the molecule is CC(C)c1nnc(NC(=O)CSc2ccc(Cl)cc2N)o1. The minimum atomic E-state index is -0.242. The Balaban J connectivity index is 1.89. The van der Waals surface area contributed by atoms with Crippen molar-refractivity contribution < 1.29 is 9.21 Å². The zero-order chi connectivity index (χ0) is 15.4. The van der Waals surface area contributed by atoms with E-state index < -0.39 is 0 Å². The van der Waals surface area contributed by atoms with Crippen LogP contribution in [0.15, 0.2) is 27.5 Å². The third-order valence-electron chi connectivity index (χ3n) is 2.51. The van der Waals surface area contributed by atoms with Crippen LogP contribution in [0.3, 0.4) is 0 Å². The predicted molar refractivity (Wildman–Crippen MR) is 83.6 cm³/mol. The summed E-state index contributed by atoms with van der Waals surface area (Å²) >= 11 is 7.13.